The third-order valence-electron chi connectivity index (χ3n) is 2.36. The van der Waals surface area contributed by atoms with Crippen LogP contribution in [-0.2, 0) is 0 Å². The van der Waals surface area contributed by atoms with Crippen LogP contribution < -0.4 is 4.74 Å². The topological polar surface area (TPSA) is 38.7 Å². The first-order chi connectivity index (χ1) is 7.13. The lowest BCUT2D eigenvalue weighted by atomic mass is 10.0. The van der Waals surface area contributed by atoms with Gasteiger partial charge in [-0.2, -0.15) is 0 Å². The molecule has 0 saturated heterocycles. The van der Waals surface area contributed by atoms with E-state index in [0.717, 1.165) is 5.71 Å². The van der Waals surface area contributed by atoms with Gasteiger partial charge in [-0.3, -0.25) is 9.79 Å². The fraction of sp³-hybridized carbons (Fsp3) is 0.273. The SMILES string of the molecule is COc1ccc2c(c1)C(=O)C(Br)C(C)=N2. The summed E-state index contributed by atoms with van der Waals surface area (Å²) < 4.78 is 5.07. The molecular formula is C11H10BrNO2. The van der Waals surface area contributed by atoms with Crippen LogP contribution in [0.1, 0.15) is 17.3 Å². The van der Waals surface area contributed by atoms with Crippen molar-refractivity contribution in [2.75, 3.05) is 7.11 Å². The van der Waals surface area contributed by atoms with E-state index in [2.05, 4.69) is 20.9 Å². The van der Waals surface area contributed by atoms with Crippen molar-refractivity contribution >= 4 is 33.1 Å². The zero-order chi connectivity index (χ0) is 11.0. The van der Waals surface area contributed by atoms with Crippen LogP contribution in [-0.4, -0.2) is 23.4 Å². The van der Waals surface area contributed by atoms with E-state index in [9.17, 15) is 4.79 Å². The second-order valence-corrected chi connectivity index (χ2v) is 4.28. The molecule has 0 saturated carbocycles. The molecule has 1 unspecified atom stereocenters. The Balaban J connectivity index is 2.57. The van der Waals surface area contributed by atoms with Crippen molar-refractivity contribution in [1.29, 1.82) is 0 Å². The number of fused-ring (bicyclic) bond motifs is 1. The molecule has 1 atom stereocenters. The first-order valence-corrected chi connectivity index (χ1v) is 5.46. The summed E-state index contributed by atoms with van der Waals surface area (Å²) in [5.74, 6) is 0.716. The van der Waals surface area contributed by atoms with Crippen LogP contribution >= 0.6 is 15.9 Å². The van der Waals surface area contributed by atoms with E-state index in [1.54, 1.807) is 25.3 Å². The number of Topliss-reactive ketones (excluding diaryl/α,β-unsaturated/α-hetero) is 1. The summed E-state index contributed by atoms with van der Waals surface area (Å²) in [4.78, 5) is 15.9. The van der Waals surface area contributed by atoms with Crippen molar-refractivity contribution < 1.29 is 9.53 Å². The minimum atomic E-state index is -0.308. The first kappa shape index (κ1) is 10.4. The lowest BCUT2D eigenvalue weighted by Gasteiger charge is -2.17. The second kappa shape index (κ2) is 3.77. The number of carbonyl (C=O) groups is 1. The highest BCUT2D eigenvalue weighted by Crippen LogP contribution is 2.31. The molecule has 3 nitrogen and oxygen atoms in total. The number of ketones is 1. The molecule has 1 aromatic carbocycles. The number of ether oxygens (including phenoxy) is 1. The largest absolute Gasteiger partial charge is 0.497 e. The molecule has 0 aromatic heterocycles. The third kappa shape index (κ3) is 1.69. The highest BCUT2D eigenvalue weighted by Gasteiger charge is 2.27. The van der Waals surface area contributed by atoms with E-state index in [1.807, 2.05) is 6.92 Å². The summed E-state index contributed by atoms with van der Waals surface area (Å²) in [7, 11) is 1.58. The molecule has 0 N–H and O–H groups in total. The van der Waals surface area contributed by atoms with Crippen LogP contribution in [0, 0.1) is 0 Å². The van der Waals surface area contributed by atoms with E-state index in [1.165, 1.54) is 0 Å². The predicted molar refractivity (Wildman–Crippen MR) is 62.8 cm³/mol. The van der Waals surface area contributed by atoms with Gasteiger partial charge in [0.2, 0.25) is 0 Å². The van der Waals surface area contributed by atoms with Crippen LogP contribution in [0.25, 0.3) is 0 Å². The van der Waals surface area contributed by atoms with Gasteiger partial charge in [0.05, 0.1) is 12.8 Å². The van der Waals surface area contributed by atoms with Gasteiger partial charge in [0.15, 0.2) is 5.78 Å². The van der Waals surface area contributed by atoms with Gasteiger partial charge in [0.1, 0.15) is 10.6 Å². The Hall–Kier alpha value is -1.16. The molecule has 0 spiro atoms. The van der Waals surface area contributed by atoms with Crippen molar-refractivity contribution in [3.63, 3.8) is 0 Å². The van der Waals surface area contributed by atoms with E-state index in [0.29, 0.717) is 17.0 Å². The average Bonchev–Trinajstić information content (AvgIpc) is 2.26. The lowest BCUT2D eigenvalue weighted by Crippen LogP contribution is -2.25. The van der Waals surface area contributed by atoms with Gasteiger partial charge in [-0.25, -0.2) is 0 Å². The van der Waals surface area contributed by atoms with Gasteiger partial charge in [-0.1, -0.05) is 15.9 Å². The van der Waals surface area contributed by atoms with Crippen molar-refractivity contribution in [1.82, 2.24) is 0 Å². The van der Waals surface area contributed by atoms with Gasteiger partial charge < -0.3 is 4.74 Å². The van der Waals surface area contributed by atoms with Gasteiger partial charge in [0, 0.05) is 11.3 Å². The zero-order valence-corrected chi connectivity index (χ0v) is 10.0. The van der Waals surface area contributed by atoms with Gasteiger partial charge >= 0.3 is 0 Å². The zero-order valence-electron chi connectivity index (χ0n) is 8.45. The summed E-state index contributed by atoms with van der Waals surface area (Å²) >= 11 is 3.31. The maximum Gasteiger partial charge on any atom is 0.184 e. The molecule has 4 heteroatoms. The smallest absolute Gasteiger partial charge is 0.184 e. The molecule has 0 aliphatic carbocycles. The predicted octanol–water partition coefficient (Wildman–Crippen LogP) is 2.75. The number of alkyl halides is 1. The van der Waals surface area contributed by atoms with Crippen molar-refractivity contribution in [2.45, 2.75) is 11.8 Å². The summed E-state index contributed by atoms with van der Waals surface area (Å²) in [6, 6.07) is 5.33. The molecule has 78 valence electrons. The number of methoxy groups -OCH3 is 1. The Bertz CT molecular complexity index is 454. The number of nitrogens with zero attached hydrogens (tertiary/aromatic N) is 1. The average molecular weight is 268 g/mol. The van der Waals surface area contributed by atoms with E-state index < -0.39 is 0 Å². The number of aliphatic imine (C=N–C) groups is 1. The second-order valence-electron chi connectivity index (χ2n) is 3.36. The number of hydrogen-bond donors (Lipinski definition) is 0. The fourth-order valence-corrected chi connectivity index (χ4v) is 1.86. The monoisotopic (exact) mass is 267 g/mol. The summed E-state index contributed by atoms with van der Waals surface area (Å²) in [5, 5.41) is 0. The Labute approximate surface area is 96.3 Å². The summed E-state index contributed by atoms with van der Waals surface area (Å²) in [6.07, 6.45) is 0. The molecule has 1 aromatic rings. The number of halogens is 1. The maximum absolute atomic E-state index is 11.9. The molecule has 1 heterocycles. The quantitative estimate of drug-likeness (QED) is 0.734. The van der Waals surface area contributed by atoms with Crippen molar-refractivity contribution in [2.24, 2.45) is 4.99 Å². The molecule has 0 fully saturated rings. The number of rotatable bonds is 1. The normalized spacial score (nSPS) is 19.5. The Morgan fingerprint density at radius 2 is 2.20 bits per heavy atom. The Morgan fingerprint density at radius 3 is 2.87 bits per heavy atom. The van der Waals surface area contributed by atoms with E-state index >= 15 is 0 Å². The van der Waals surface area contributed by atoms with Crippen LogP contribution in [0.4, 0.5) is 5.69 Å². The fourth-order valence-electron chi connectivity index (χ4n) is 1.51. The summed E-state index contributed by atoms with van der Waals surface area (Å²) in [6.45, 7) is 1.84. The maximum atomic E-state index is 11.9. The van der Waals surface area contributed by atoms with Crippen LogP contribution in [0.15, 0.2) is 23.2 Å². The molecule has 1 aliphatic rings. The summed E-state index contributed by atoms with van der Waals surface area (Å²) in [5.41, 5.74) is 2.12. The first-order valence-electron chi connectivity index (χ1n) is 4.55. The standard InChI is InChI=1S/C11H10BrNO2/c1-6-10(12)11(14)8-5-7(15-2)3-4-9(8)13-6/h3-5,10H,1-2H3. The van der Waals surface area contributed by atoms with Gasteiger partial charge in [0.25, 0.3) is 0 Å². The van der Waals surface area contributed by atoms with E-state index in [-0.39, 0.29) is 10.6 Å². The number of benzene rings is 1. The minimum absolute atomic E-state index is 0.0383. The Kier molecular flexibility index (Phi) is 2.61. The molecule has 2 rings (SSSR count). The number of carbonyl (C=O) groups excluding carboxylic acids is 1. The molecular weight excluding hydrogens is 258 g/mol. The van der Waals surface area contributed by atoms with Crippen molar-refractivity contribution in [3.8, 4) is 5.75 Å². The van der Waals surface area contributed by atoms with Gasteiger partial charge in [-0.05, 0) is 25.1 Å². The highest BCUT2D eigenvalue weighted by atomic mass is 79.9. The Morgan fingerprint density at radius 1 is 1.47 bits per heavy atom. The van der Waals surface area contributed by atoms with Crippen LogP contribution in [0.5, 0.6) is 5.75 Å². The molecule has 0 bridgehead atoms. The molecule has 1 aliphatic heterocycles. The van der Waals surface area contributed by atoms with Crippen LogP contribution in [0.2, 0.25) is 0 Å². The van der Waals surface area contributed by atoms with Crippen LogP contribution in [0.3, 0.4) is 0 Å². The lowest BCUT2D eigenvalue weighted by molar-refractivity contribution is 0.101. The highest BCUT2D eigenvalue weighted by molar-refractivity contribution is 9.10. The molecule has 15 heavy (non-hydrogen) atoms. The molecule has 0 amide bonds. The molecule has 0 radical (unpaired) electrons. The van der Waals surface area contributed by atoms with E-state index in [4.69, 9.17) is 4.74 Å². The number of hydrogen-bond acceptors (Lipinski definition) is 3. The minimum Gasteiger partial charge on any atom is -0.497 e. The third-order valence-corrected chi connectivity index (χ3v) is 3.44. The van der Waals surface area contributed by atoms with Crippen molar-refractivity contribution in [3.05, 3.63) is 23.8 Å². The van der Waals surface area contributed by atoms with Gasteiger partial charge in [-0.15, -0.1) is 0 Å².